The lowest BCUT2D eigenvalue weighted by atomic mass is 9.88. The van der Waals surface area contributed by atoms with E-state index in [1.54, 1.807) is 0 Å². The molecule has 0 spiro atoms. The Morgan fingerprint density at radius 3 is 2.73 bits per heavy atom. The van der Waals surface area contributed by atoms with E-state index in [4.69, 9.17) is 0 Å². The van der Waals surface area contributed by atoms with Crippen LogP contribution in [0.3, 0.4) is 0 Å². The summed E-state index contributed by atoms with van der Waals surface area (Å²) in [6.07, 6.45) is 4.51. The van der Waals surface area contributed by atoms with Crippen LogP contribution in [0.4, 0.5) is 0 Å². The van der Waals surface area contributed by atoms with Gasteiger partial charge in [-0.3, -0.25) is 4.79 Å². The lowest BCUT2D eigenvalue weighted by Crippen LogP contribution is -2.45. The fraction of sp³-hybridized carbons (Fsp3) is 0.917. The van der Waals surface area contributed by atoms with E-state index in [1.165, 1.54) is 12.8 Å². The van der Waals surface area contributed by atoms with Gasteiger partial charge in [0.1, 0.15) is 0 Å². The summed E-state index contributed by atoms with van der Waals surface area (Å²) in [4.78, 5) is 14.6. The van der Waals surface area contributed by atoms with Crippen molar-refractivity contribution in [1.82, 2.24) is 10.2 Å². The van der Waals surface area contributed by atoms with E-state index in [0.717, 1.165) is 32.5 Å². The molecule has 0 aromatic heterocycles. The molecule has 1 aliphatic heterocycles. The molecule has 2 aliphatic rings. The molecule has 3 nitrogen and oxygen atoms in total. The van der Waals surface area contributed by atoms with E-state index in [9.17, 15) is 4.79 Å². The number of carbonyl (C=O) groups excluding carboxylic acids is 1. The number of nitrogens with one attached hydrogen (secondary N) is 1. The Bertz CT molecular complexity index is 242. The van der Waals surface area contributed by atoms with E-state index in [-0.39, 0.29) is 5.41 Å². The van der Waals surface area contributed by atoms with Crippen LogP contribution < -0.4 is 5.32 Å². The minimum Gasteiger partial charge on any atom is -0.339 e. The highest BCUT2D eigenvalue weighted by Crippen LogP contribution is 2.34. The average Bonchev–Trinajstić information content (AvgIpc) is 2.97. The van der Waals surface area contributed by atoms with Gasteiger partial charge in [-0.25, -0.2) is 0 Å². The number of hydrogen-bond acceptors (Lipinski definition) is 2. The summed E-state index contributed by atoms with van der Waals surface area (Å²) in [5.74, 6) is 0.386. The smallest absolute Gasteiger partial charge is 0.230 e. The van der Waals surface area contributed by atoms with Crippen molar-refractivity contribution in [2.75, 3.05) is 19.6 Å². The second kappa shape index (κ2) is 4.12. The molecule has 86 valence electrons. The second-order valence-electron chi connectivity index (χ2n) is 5.22. The van der Waals surface area contributed by atoms with Gasteiger partial charge in [0.2, 0.25) is 5.91 Å². The van der Waals surface area contributed by atoms with Gasteiger partial charge in [-0.2, -0.15) is 0 Å². The molecule has 1 heterocycles. The van der Waals surface area contributed by atoms with E-state index >= 15 is 0 Å². The lowest BCUT2D eigenvalue weighted by Gasteiger charge is -2.31. The summed E-state index contributed by atoms with van der Waals surface area (Å²) in [5.41, 5.74) is -0.127. The Hall–Kier alpha value is -0.570. The van der Waals surface area contributed by atoms with E-state index in [0.29, 0.717) is 11.9 Å². The number of hydrogen-bond donors (Lipinski definition) is 1. The third-order valence-electron chi connectivity index (χ3n) is 3.60. The van der Waals surface area contributed by atoms with Crippen LogP contribution in [0, 0.1) is 5.41 Å². The first-order valence-corrected chi connectivity index (χ1v) is 6.19. The van der Waals surface area contributed by atoms with Gasteiger partial charge < -0.3 is 10.2 Å². The van der Waals surface area contributed by atoms with Crippen LogP contribution in [0.15, 0.2) is 0 Å². The summed E-state index contributed by atoms with van der Waals surface area (Å²) >= 11 is 0. The average molecular weight is 210 g/mol. The monoisotopic (exact) mass is 210 g/mol. The summed E-state index contributed by atoms with van der Waals surface area (Å²) < 4.78 is 0. The van der Waals surface area contributed by atoms with Crippen molar-refractivity contribution >= 4 is 5.91 Å². The summed E-state index contributed by atoms with van der Waals surface area (Å²) in [7, 11) is 0. The zero-order chi connectivity index (χ0) is 10.9. The van der Waals surface area contributed by atoms with Gasteiger partial charge in [0.15, 0.2) is 0 Å². The second-order valence-corrected chi connectivity index (χ2v) is 5.22. The summed E-state index contributed by atoms with van der Waals surface area (Å²) in [5, 5.41) is 3.30. The highest BCUT2D eigenvalue weighted by atomic mass is 16.2. The van der Waals surface area contributed by atoms with E-state index < -0.39 is 0 Å². The SMILES string of the molecule is CCCN(C(=O)C1(C)CCNC1)C1CC1. The number of nitrogens with zero attached hydrogens (tertiary/aromatic N) is 1. The third kappa shape index (κ3) is 2.17. The zero-order valence-electron chi connectivity index (χ0n) is 9.88. The predicted octanol–water partition coefficient (Wildman–Crippen LogP) is 1.39. The molecule has 2 rings (SSSR count). The normalized spacial score (nSPS) is 30.5. The Balaban J connectivity index is 2.02. The summed E-state index contributed by atoms with van der Waals surface area (Å²) in [6.45, 7) is 7.06. The maximum atomic E-state index is 12.4. The van der Waals surface area contributed by atoms with Crippen molar-refractivity contribution in [1.29, 1.82) is 0 Å². The Morgan fingerprint density at radius 2 is 2.27 bits per heavy atom. The van der Waals surface area contributed by atoms with Crippen molar-refractivity contribution < 1.29 is 4.79 Å². The van der Waals surface area contributed by atoms with Gasteiger partial charge in [-0.1, -0.05) is 6.92 Å². The van der Waals surface area contributed by atoms with Crippen LogP contribution in [0.2, 0.25) is 0 Å². The number of amides is 1. The molecule has 15 heavy (non-hydrogen) atoms. The minimum absolute atomic E-state index is 0.127. The van der Waals surface area contributed by atoms with Crippen molar-refractivity contribution in [3.8, 4) is 0 Å². The molecule has 1 N–H and O–H groups in total. The van der Waals surface area contributed by atoms with Crippen LogP contribution in [0.5, 0.6) is 0 Å². The largest absolute Gasteiger partial charge is 0.339 e. The topological polar surface area (TPSA) is 32.3 Å². The molecule has 1 aliphatic carbocycles. The highest BCUT2D eigenvalue weighted by Gasteiger charge is 2.43. The zero-order valence-corrected chi connectivity index (χ0v) is 9.88. The maximum absolute atomic E-state index is 12.4. The molecule has 0 aromatic carbocycles. The molecule has 1 saturated carbocycles. The third-order valence-corrected chi connectivity index (χ3v) is 3.60. The number of carbonyl (C=O) groups is 1. The lowest BCUT2D eigenvalue weighted by molar-refractivity contribution is -0.140. The molecule has 1 amide bonds. The van der Waals surface area contributed by atoms with Gasteiger partial charge in [0.25, 0.3) is 0 Å². The molecule has 0 radical (unpaired) electrons. The molecule has 1 saturated heterocycles. The highest BCUT2D eigenvalue weighted by molar-refractivity contribution is 5.83. The Kier molecular flexibility index (Phi) is 3.01. The molecule has 1 atom stereocenters. The van der Waals surface area contributed by atoms with Crippen LogP contribution >= 0.6 is 0 Å². The molecular weight excluding hydrogens is 188 g/mol. The van der Waals surface area contributed by atoms with Crippen molar-refractivity contribution in [3.63, 3.8) is 0 Å². The van der Waals surface area contributed by atoms with Crippen molar-refractivity contribution in [2.45, 2.75) is 45.6 Å². The first-order valence-electron chi connectivity index (χ1n) is 6.19. The van der Waals surface area contributed by atoms with Gasteiger partial charge in [-0.05, 0) is 39.2 Å². The Morgan fingerprint density at radius 1 is 1.53 bits per heavy atom. The number of rotatable bonds is 4. The van der Waals surface area contributed by atoms with Crippen LogP contribution in [0.25, 0.3) is 0 Å². The predicted molar refractivity (Wildman–Crippen MR) is 60.6 cm³/mol. The first kappa shape index (κ1) is 10.9. The first-order chi connectivity index (χ1) is 7.17. The molecule has 2 fully saturated rings. The van der Waals surface area contributed by atoms with Gasteiger partial charge in [0, 0.05) is 19.1 Å². The van der Waals surface area contributed by atoms with Gasteiger partial charge in [-0.15, -0.1) is 0 Å². The van der Waals surface area contributed by atoms with Gasteiger partial charge in [0.05, 0.1) is 5.41 Å². The van der Waals surface area contributed by atoms with Gasteiger partial charge >= 0.3 is 0 Å². The molecule has 0 aromatic rings. The molecule has 1 unspecified atom stereocenters. The fourth-order valence-electron chi connectivity index (χ4n) is 2.42. The molecule has 3 heteroatoms. The van der Waals surface area contributed by atoms with Crippen LogP contribution in [-0.4, -0.2) is 36.5 Å². The minimum atomic E-state index is -0.127. The Labute approximate surface area is 92.2 Å². The van der Waals surface area contributed by atoms with Crippen LogP contribution in [0.1, 0.15) is 39.5 Å². The van der Waals surface area contributed by atoms with Crippen LogP contribution in [-0.2, 0) is 4.79 Å². The quantitative estimate of drug-likeness (QED) is 0.760. The van der Waals surface area contributed by atoms with Crippen molar-refractivity contribution in [2.24, 2.45) is 5.41 Å². The summed E-state index contributed by atoms with van der Waals surface area (Å²) in [6, 6.07) is 0.565. The standard InChI is InChI=1S/C12H22N2O/c1-3-8-14(10-4-5-10)11(15)12(2)6-7-13-9-12/h10,13H,3-9H2,1-2H3. The molecule has 0 bridgehead atoms. The van der Waals surface area contributed by atoms with Crippen molar-refractivity contribution in [3.05, 3.63) is 0 Å². The maximum Gasteiger partial charge on any atom is 0.230 e. The van der Waals surface area contributed by atoms with E-state index in [1.807, 2.05) is 0 Å². The fourth-order valence-corrected chi connectivity index (χ4v) is 2.42. The molecular formula is C12H22N2O. The van der Waals surface area contributed by atoms with E-state index in [2.05, 4.69) is 24.1 Å².